The Morgan fingerprint density at radius 1 is 1.26 bits per heavy atom. The van der Waals surface area contributed by atoms with Crippen LogP contribution in [0.15, 0.2) is 30.3 Å². The van der Waals surface area contributed by atoms with E-state index in [1.807, 2.05) is 18.2 Å². The van der Waals surface area contributed by atoms with Gasteiger partial charge in [-0.1, -0.05) is 44.2 Å². The van der Waals surface area contributed by atoms with Crippen molar-refractivity contribution in [2.45, 2.75) is 32.9 Å². The molecule has 4 heteroatoms. The molecule has 0 bridgehead atoms. The molecule has 0 amide bonds. The highest BCUT2D eigenvalue weighted by Crippen LogP contribution is 2.21. The SMILES string of the molecule is CC(C)CN(Cc1ccccc1)[C@@H]1CCS(=O)(=O)C1. The molecular weight excluding hydrogens is 258 g/mol. The van der Waals surface area contributed by atoms with Gasteiger partial charge in [-0.3, -0.25) is 4.90 Å². The van der Waals surface area contributed by atoms with Crippen LogP contribution in [0.3, 0.4) is 0 Å². The smallest absolute Gasteiger partial charge is 0.151 e. The van der Waals surface area contributed by atoms with Crippen molar-refractivity contribution in [3.05, 3.63) is 35.9 Å². The largest absolute Gasteiger partial charge is 0.295 e. The standard InChI is InChI=1S/C15H23NO2S/c1-13(2)10-16(11-14-6-4-3-5-7-14)15-8-9-19(17,18)12-15/h3-7,13,15H,8-12H2,1-2H3/t15-/m1/s1. The minimum Gasteiger partial charge on any atom is -0.295 e. The summed E-state index contributed by atoms with van der Waals surface area (Å²) in [6.07, 6.45) is 0.780. The summed E-state index contributed by atoms with van der Waals surface area (Å²) in [5.74, 6) is 1.22. The third kappa shape index (κ3) is 4.32. The highest BCUT2D eigenvalue weighted by Gasteiger charge is 2.32. The van der Waals surface area contributed by atoms with Crippen LogP contribution >= 0.6 is 0 Å². The van der Waals surface area contributed by atoms with Crippen LogP contribution in [0.5, 0.6) is 0 Å². The van der Waals surface area contributed by atoms with Crippen LogP contribution < -0.4 is 0 Å². The number of hydrogen-bond acceptors (Lipinski definition) is 3. The summed E-state index contributed by atoms with van der Waals surface area (Å²) in [4.78, 5) is 2.34. The molecule has 1 atom stereocenters. The van der Waals surface area contributed by atoms with Crippen molar-refractivity contribution in [2.24, 2.45) is 5.92 Å². The summed E-state index contributed by atoms with van der Waals surface area (Å²) in [5.41, 5.74) is 1.26. The molecule has 0 radical (unpaired) electrons. The summed E-state index contributed by atoms with van der Waals surface area (Å²) in [5, 5.41) is 0. The Labute approximate surface area is 116 Å². The molecule has 1 fully saturated rings. The van der Waals surface area contributed by atoms with Gasteiger partial charge in [-0.05, 0) is 17.9 Å². The number of hydrogen-bond donors (Lipinski definition) is 0. The molecule has 1 heterocycles. The van der Waals surface area contributed by atoms with Crippen LogP contribution in [0, 0.1) is 5.92 Å². The van der Waals surface area contributed by atoms with E-state index in [2.05, 4.69) is 30.9 Å². The lowest BCUT2D eigenvalue weighted by Gasteiger charge is -2.29. The fourth-order valence-corrected chi connectivity index (χ4v) is 4.45. The van der Waals surface area contributed by atoms with Crippen molar-refractivity contribution < 1.29 is 8.42 Å². The van der Waals surface area contributed by atoms with Crippen LogP contribution in [0.2, 0.25) is 0 Å². The van der Waals surface area contributed by atoms with E-state index in [9.17, 15) is 8.42 Å². The van der Waals surface area contributed by atoms with Crippen LogP contribution in [0.4, 0.5) is 0 Å². The van der Waals surface area contributed by atoms with Crippen LogP contribution in [-0.4, -0.2) is 37.4 Å². The second-order valence-corrected chi connectivity index (χ2v) is 8.09. The summed E-state index contributed by atoms with van der Waals surface area (Å²) < 4.78 is 23.3. The van der Waals surface area contributed by atoms with Crippen molar-refractivity contribution >= 4 is 9.84 Å². The molecule has 1 saturated heterocycles. The van der Waals surface area contributed by atoms with Crippen LogP contribution in [0.25, 0.3) is 0 Å². The molecule has 0 unspecified atom stereocenters. The zero-order valence-electron chi connectivity index (χ0n) is 11.7. The first-order valence-corrected chi connectivity index (χ1v) is 8.77. The zero-order valence-corrected chi connectivity index (χ0v) is 12.6. The molecule has 1 aliphatic rings. The average molecular weight is 281 g/mol. The van der Waals surface area contributed by atoms with Gasteiger partial charge in [0.1, 0.15) is 0 Å². The van der Waals surface area contributed by atoms with Gasteiger partial charge in [0.15, 0.2) is 9.84 Å². The van der Waals surface area contributed by atoms with Crippen LogP contribution in [0.1, 0.15) is 25.8 Å². The average Bonchev–Trinajstić information content (AvgIpc) is 2.70. The summed E-state index contributed by atoms with van der Waals surface area (Å²) in [6.45, 7) is 6.16. The van der Waals surface area contributed by atoms with Crippen molar-refractivity contribution in [2.75, 3.05) is 18.1 Å². The predicted octanol–water partition coefficient (Wildman–Crippen LogP) is 2.33. The Bertz CT molecular complexity index is 496. The molecule has 1 aromatic rings. The molecule has 0 spiro atoms. The lowest BCUT2D eigenvalue weighted by atomic mass is 10.1. The molecule has 0 aromatic heterocycles. The third-order valence-electron chi connectivity index (χ3n) is 3.55. The second kappa shape index (κ2) is 6.06. The van der Waals surface area contributed by atoms with Gasteiger partial charge in [0.25, 0.3) is 0 Å². The maximum atomic E-state index is 11.7. The first kappa shape index (κ1) is 14.5. The van der Waals surface area contributed by atoms with E-state index < -0.39 is 9.84 Å². The molecule has 0 saturated carbocycles. The Kier molecular flexibility index (Phi) is 4.63. The topological polar surface area (TPSA) is 37.4 Å². The Hall–Kier alpha value is -0.870. The molecule has 0 N–H and O–H groups in total. The quantitative estimate of drug-likeness (QED) is 0.831. The van der Waals surface area contributed by atoms with E-state index in [1.165, 1.54) is 5.56 Å². The fraction of sp³-hybridized carbons (Fsp3) is 0.600. The van der Waals surface area contributed by atoms with Crippen molar-refractivity contribution in [3.63, 3.8) is 0 Å². The fourth-order valence-electron chi connectivity index (χ4n) is 2.69. The van der Waals surface area contributed by atoms with E-state index >= 15 is 0 Å². The normalized spacial score (nSPS) is 22.2. The minimum absolute atomic E-state index is 0.188. The molecule has 106 valence electrons. The van der Waals surface area contributed by atoms with Crippen LogP contribution in [-0.2, 0) is 16.4 Å². The highest BCUT2D eigenvalue weighted by atomic mass is 32.2. The number of sulfone groups is 1. The first-order chi connectivity index (χ1) is 8.96. The molecule has 0 aliphatic carbocycles. The zero-order chi connectivity index (χ0) is 13.9. The Morgan fingerprint density at radius 3 is 2.47 bits per heavy atom. The van der Waals surface area contributed by atoms with Gasteiger partial charge in [0, 0.05) is 19.1 Å². The number of benzene rings is 1. The molecule has 1 aromatic carbocycles. The Balaban J connectivity index is 2.08. The van der Waals surface area contributed by atoms with Crippen molar-refractivity contribution in [1.29, 1.82) is 0 Å². The monoisotopic (exact) mass is 281 g/mol. The first-order valence-electron chi connectivity index (χ1n) is 6.95. The minimum atomic E-state index is -2.81. The van der Waals surface area contributed by atoms with E-state index in [4.69, 9.17) is 0 Å². The summed E-state index contributed by atoms with van der Waals surface area (Å²) in [7, 11) is -2.81. The highest BCUT2D eigenvalue weighted by molar-refractivity contribution is 7.91. The molecular formula is C15H23NO2S. The maximum Gasteiger partial charge on any atom is 0.151 e. The molecule has 3 nitrogen and oxygen atoms in total. The predicted molar refractivity (Wildman–Crippen MR) is 78.7 cm³/mol. The number of rotatable bonds is 5. The summed E-state index contributed by atoms with van der Waals surface area (Å²) >= 11 is 0. The van der Waals surface area contributed by atoms with E-state index in [1.54, 1.807) is 0 Å². The lowest BCUT2D eigenvalue weighted by molar-refractivity contribution is 0.181. The van der Waals surface area contributed by atoms with Gasteiger partial charge >= 0.3 is 0 Å². The third-order valence-corrected chi connectivity index (χ3v) is 5.30. The molecule has 1 aliphatic heterocycles. The van der Waals surface area contributed by atoms with Gasteiger partial charge in [0.05, 0.1) is 11.5 Å². The second-order valence-electron chi connectivity index (χ2n) is 5.87. The van der Waals surface area contributed by atoms with Gasteiger partial charge in [-0.2, -0.15) is 0 Å². The molecule has 19 heavy (non-hydrogen) atoms. The van der Waals surface area contributed by atoms with Crippen molar-refractivity contribution in [1.82, 2.24) is 4.90 Å². The van der Waals surface area contributed by atoms with E-state index in [-0.39, 0.29) is 6.04 Å². The van der Waals surface area contributed by atoms with E-state index in [0.717, 1.165) is 19.5 Å². The van der Waals surface area contributed by atoms with Gasteiger partial charge in [-0.15, -0.1) is 0 Å². The lowest BCUT2D eigenvalue weighted by Crippen LogP contribution is -2.38. The van der Waals surface area contributed by atoms with Gasteiger partial charge in [-0.25, -0.2) is 8.42 Å². The number of nitrogens with zero attached hydrogens (tertiary/aromatic N) is 1. The maximum absolute atomic E-state index is 11.7. The van der Waals surface area contributed by atoms with E-state index in [0.29, 0.717) is 17.4 Å². The molecule has 2 rings (SSSR count). The van der Waals surface area contributed by atoms with Gasteiger partial charge in [0.2, 0.25) is 0 Å². The summed E-state index contributed by atoms with van der Waals surface area (Å²) in [6, 6.07) is 10.5. The van der Waals surface area contributed by atoms with Gasteiger partial charge < -0.3 is 0 Å². The Morgan fingerprint density at radius 2 is 1.95 bits per heavy atom. The van der Waals surface area contributed by atoms with Crippen molar-refractivity contribution in [3.8, 4) is 0 Å².